The van der Waals surface area contributed by atoms with Gasteiger partial charge in [0.25, 0.3) is 5.91 Å². The molecule has 0 radical (unpaired) electrons. The number of nitrogens with one attached hydrogen (secondary N) is 1. The smallest absolute Gasteiger partial charge is 0.338 e. The van der Waals surface area contributed by atoms with Crippen LogP contribution in [0.3, 0.4) is 0 Å². The molecular weight excluding hydrogens is 302 g/mol. The normalized spacial score (nSPS) is 11.5. The zero-order valence-corrected chi connectivity index (χ0v) is 13.2. The maximum absolute atomic E-state index is 11.8. The van der Waals surface area contributed by atoms with Gasteiger partial charge in [-0.3, -0.25) is 4.79 Å². The van der Waals surface area contributed by atoms with Crippen LogP contribution < -0.4 is 10.1 Å². The first-order valence-corrected chi connectivity index (χ1v) is 7.62. The van der Waals surface area contributed by atoms with Crippen LogP contribution in [-0.2, 0) is 9.53 Å². The molecule has 0 aliphatic rings. The van der Waals surface area contributed by atoms with Crippen LogP contribution in [0.4, 0.5) is 0 Å². The molecule has 0 bridgehead atoms. The molecular formula is C16H17NO4S. The first-order valence-electron chi connectivity index (χ1n) is 6.74. The van der Waals surface area contributed by atoms with Crippen LogP contribution in [0.1, 0.15) is 28.2 Å². The van der Waals surface area contributed by atoms with Crippen molar-refractivity contribution in [1.82, 2.24) is 5.32 Å². The molecule has 0 saturated heterocycles. The lowest BCUT2D eigenvalue weighted by molar-refractivity contribution is -0.124. The maximum Gasteiger partial charge on any atom is 0.338 e. The molecule has 116 valence electrons. The van der Waals surface area contributed by atoms with Crippen LogP contribution >= 0.6 is 11.3 Å². The molecule has 0 unspecified atom stereocenters. The number of thiophene rings is 1. The molecule has 0 saturated carbocycles. The minimum atomic E-state index is -0.540. The first kappa shape index (κ1) is 16.0. The minimum absolute atomic E-state index is 0.104. The lowest BCUT2D eigenvalue weighted by Gasteiger charge is -2.12. The summed E-state index contributed by atoms with van der Waals surface area (Å²) in [6.07, 6.45) is 0. The van der Waals surface area contributed by atoms with Crippen molar-refractivity contribution < 1.29 is 19.1 Å². The molecule has 1 amide bonds. The van der Waals surface area contributed by atoms with E-state index in [-0.39, 0.29) is 18.6 Å². The van der Waals surface area contributed by atoms with Gasteiger partial charge in [0.05, 0.1) is 18.7 Å². The van der Waals surface area contributed by atoms with E-state index in [4.69, 9.17) is 9.47 Å². The van der Waals surface area contributed by atoms with Crippen LogP contribution in [0.2, 0.25) is 0 Å². The Hall–Kier alpha value is -2.34. The summed E-state index contributed by atoms with van der Waals surface area (Å²) in [7, 11) is 1.55. The molecule has 0 aliphatic heterocycles. The highest BCUT2D eigenvalue weighted by atomic mass is 32.1. The summed E-state index contributed by atoms with van der Waals surface area (Å²) >= 11 is 1.56. The van der Waals surface area contributed by atoms with Gasteiger partial charge in [0.1, 0.15) is 5.75 Å². The lowest BCUT2D eigenvalue weighted by atomic mass is 10.2. The monoisotopic (exact) mass is 319 g/mol. The molecule has 22 heavy (non-hydrogen) atoms. The molecule has 1 aromatic carbocycles. The standard InChI is InChI=1S/C16H17NO4S/c1-11(14-4-3-9-22-14)17-15(18)10-21-16(19)12-5-7-13(20-2)8-6-12/h3-9,11H,10H2,1-2H3,(H,17,18)/t11-/m0/s1. The van der Waals surface area contributed by atoms with Crippen molar-refractivity contribution in [3.63, 3.8) is 0 Å². The van der Waals surface area contributed by atoms with Gasteiger partial charge < -0.3 is 14.8 Å². The van der Waals surface area contributed by atoms with Crippen molar-refractivity contribution in [2.45, 2.75) is 13.0 Å². The third kappa shape index (κ3) is 4.33. The van der Waals surface area contributed by atoms with Crippen LogP contribution in [0.5, 0.6) is 5.75 Å². The van der Waals surface area contributed by atoms with Crippen LogP contribution in [0.25, 0.3) is 0 Å². The van der Waals surface area contributed by atoms with E-state index in [0.717, 1.165) is 4.88 Å². The number of amides is 1. The van der Waals surface area contributed by atoms with Gasteiger partial charge in [0.15, 0.2) is 6.61 Å². The largest absolute Gasteiger partial charge is 0.497 e. The molecule has 6 heteroatoms. The quantitative estimate of drug-likeness (QED) is 0.832. The number of carbonyl (C=O) groups excluding carboxylic acids is 2. The van der Waals surface area contributed by atoms with Gasteiger partial charge in [-0.15, -0.1) is 11.3 Å². The Balaban J connectivity index is 1.81. The van der Waals surface area contributed by atoms with Crippen molar-refractivity contribution in [2.24, 2.45) is 0 Å². The number of benzene rings is 1. The molecule has 1 N–H and O–H groups in total. The molecule has 5 nitrogen and oxygen atoms in total. The van der Waals surface area contributed by atoms with E-state index in [0.29, 0.717) is 11.3 Å². The molecule has 0 aliphatic carbocycles. The maximum atomic E-state index is 11.8. The van der Waals surface area contributed by atoms with Gasteiger partial charge >= 0.3 is 5.97 Å². The van der Waals surface area contributed by atoms with Gasteiger partial charge in [0, 0.05) is 4.88 Å². The molecule has 2 rings (SSSR count). The Kier molecular flexibility index (Phi) is 5.55. The topological polar surface area (TPSA) is 64.6 Å². The summed E-state index contributed by atoms with van der Waals surface area (Å²) in [5.41, 5.74) is 0.375. The summed E-state index contributed by atoms with van der Waals surface area (Å²) in [5, 5.41) is 4.73. The number of methoxy groups -OCH3 is 1. The van der Waals surface area contributed by atoms with E-state index >= 15 is 0 Å². The van der Waals surface area contributed by atoms with Crippen LogP contribution in [-0.4, -0.2) is 25.6 Å². The molecule has 2 aromatic rings. The molecule has 0 fully saturated rings. The molecule has 1 heterocycles. The van der Waals surface area contributed by atoms with E-state index in [2.05, 4.69) is 5.32 Å². The number of carbonyl (C=O) groups is 2. The second kappa shape index (κ2) is 7.61. The highest BCUT2D eigenvalue weighted by Gasteiger charge is 2.13. The Morgan fingerprint density at radius 1 is 1.23 bits per heavy atom. The Morgan fingerprint density at radius 3 is 2.55 bits per heavy atom. The third-order valence-corrected chi connectivity index (χ3v) is 4.06. The fraction of sp³-hybridized carbons (Fsp3) is 0.250. The lowest BCUT2D eigenvalue weighted by Crippen LogP contribution is -2.30. The summed E-state index contributed by atoms with van der Waals surface area (Å²) in [6.45, 7) is 1.58. The minimum Gasteiger partial charge on any atom is -0.497 e. The van der Waals surface area contributed by atoms with Gasteiger partial charge in [-0.25, -0.2) is 4.79 Å². The fourth-order valence-corrected chi connectivity index (χ4v) is 2.57. The molecule has 0 spiro atoms. The van der Waals surface area contributed by atoms with Crippen molar-refractivity contribution in [3.8, 4) is 5.75 Å². The highest BCUT2D eigenvalue weighted by Crippen LogP contribution is 2.18. The summed E-state index contributed by atoms with van der Waals surface area (Å²) < 4.78 is 10.0. The fourth-order valence-electron chi connectivity index (χ4n) is 1.83. The first-order chi connectivity index (χ1) is 10.6. The van der Waals surface area contributed by atoms with Crippen molar-refractivity contribution in [1.29, 1.82) is 0 Å². The second-order valence-corrected chi connectivity index (χ2v) is 5.59. The second-order valence-electron chi connectivity index (χ2n) is 4.61. The predicted molar refractivity (Wildman–Crippen MR) is 84.2 cm³/mol. The van der Waals surface area contributed by atoms with E-state index < -0.39 is 5.97 Å². The summed E-state index contributed by atoms with van der Waals surface area (Å²) in [5.74, 6) is -0.219. The van der Waals surface area contributed by atoms with Gasteiger partial charge in [-0.2, -0.15) is 0 Å². The van der Waals surface area contributed by atoms with E-state index in [1.54, 1.807) is 42.7 Å². The summed E-state index contributed by atoms with van der Waals surface area (Å²) in [6, 6.07) is 10.3. The van der Waals surface area contributed by atoms with Crippen LogP contribution in [0, 0.1) is 0 Å². The molecule has 1 atom stereocenters. The molecule has 1 aromatic heterocycles. The van der Waals surface area contributed by atoms with Gasteiger partial charge in [-0.05, 0) is 42.6 Å². The van der Waals surface area contributed by atoms with Gasteiger partial charge in [0.2, 0.25) is 0 Å². The van der Waals surface area contributed by atoms with Crippen molar-refractivity contribution >= 4 is 23.2 Å². The number of rotatable bonds is 6. The zero-order chi connectivity index (χ0) is 15.9. The Bertz CT molecular complexity index is 622. The van der Waals surface area contributed by atoms with Crippen molar-refractivity contribution in [3.05, 3.63) is 52.2 Å². The highest BCUT2D eigenvalue weighted by molar-refractivity contribution is 7.10. The van der Waals surface area contributed by atoms with E-state index in [9.17, 15) is 9.59 Å². The average molecular weight is 319 g/mol. The SMILES string of the molecule is COc1ccc(C(=O)OCC(=O)N[C@@H](C)c2cccs2)cc1. The van der Waals surface area contributed by atoms with Gasteiger partial charge in [-0.1, -0.05) is 6.07 Å². The number of hydrogen-bond acceptors (Lipinski definition) is 5. The van der Waals surface area contributed by atoms with E-state index in [1.165, 1.54) is 0 Å². The average Bonchev–Trinajstić information content (AvgIpc) is 3.07. The predicted octanol–water partition coefficient (Wildman–Crippen LogP) is 2.79. The van der Waals surface area contributed by atoms with E-state index in [1.807, 2.05) is 24.4 Å². The number of ether oxygens (including phenoxy) is 2. The Morgan fingerprint density at radius 2 is 1.95 bits per heavy atom. The van der Waals surface area contributed by atoms with Crippen molar-refractivity contribution in [2.75, 3.05) is 13.7 Å². The summed E-state index contributed by atoms with van der Waals surface area (Å²) in [4.78, 5) is 24.7. The Labute approximate surface area is 132 Å². The number of esters is 1. The van der Waals surface area contributed by atoms with Crippen LogP contribution in [0.15, 0.2) is 41.8 Å². The third-order valence-electron chi connectivity index (χ3n) is 3.01. The number of hydrogen-bond donors (Lipinski definition) is 1. The zero-order valence-electron chi connectivity index (χ0n) is 12.4.